The number of fused-ring (bicyclic) bond motifs is 1. The van der Waals surface area contributed by atoms with Gasteiger partial charge in [0.1, 0.15) is 0 Å². The summed E-state index contributed by atoms with van der Waals surface area (Å²) in [6.07, 6.45) is 7.69. The van der Waals surface area contributed by atoms with Crippen molar-refractivity contribution in [2.75, 3.05) is 33.3 Å². The summed E-state index contributed by atoms with van der Waals surface area (Å²) < 4.78 is 5.94. The lowest BCUT2D eigenvalue weighted by molar-refractivity contribution is -0.0325. The fourth-order valence-electron chi connectivity index (χ4n) is 5.68. The van der Waals surface area contributed by atoms with E-state index in [1.807, 2.05) is 54.6 Å². The number of nitrogens with zero attached hydrogens (tertiary/aromatic N) is 3. The Hall–Kier alpha value is -2.18. The summed E-state index contributed by atoms with van der Waals surface area (Å²) >= 11 is 12.3. The van der Waals surface area contributed by atoms with Crippen molar-refractivity contribution in [2.24, 2.45) is 5.92 Å². The second-order valence-corrected chi connectivity index (χ2v) is 10.5. The van der Waals surface area contributed by atoms with E-state index in [0.29, 0.717) is 27.6 Å². The number of carbonyl (C=O) groups is 1. The number of methoxy groups -OCH3 is 1. The van der Waals surface area contributed by atoms with Gasteiger partial charge in [-0.1, -0.05) is 53.5 Å². The van der Waals surface area contributed by atoms with Gasteiger partial charge in [-0.05, 0) is 61.2 Å². The van der Waals surface area contributed by atoms with Crippen LogP contribution < -0.4 is 0 Å². The molecule has 1 amide bonds. The number of rotatable bonds is 5. The molecular weight excluding hydrogens is 481 g/mol. The summed E-state index contributed by atoms with van der Waals surface area (Å²) in [5.74, 6) is 0.539. The van der Waals surface area contributed by atoms with Gasteiger partial charge in [0.25, 0.3) is 5.91 Å². The van der Waals surface area contributed by atoms with Crippen molar-refractivity contribution in [3.63, 3.8) is 0 Å². The molecule has 2 aliphatic rings. The van der Waals surface area contributed by atoms with Gasteiger partial charge in [0.15, 0.2) is 0 Å². The van der Waals surface area contributed by atoms with Crippen LogP contribution in [0.5, 0.6) is 0 Å². The Kier molecular flexibility index (Phi) is 7.59. The number of ether oxygens (including phenoxy) is 1. The fraction of sp³-hybridized carbons (Fsp3) is 0.429. The largest absolute Gasteiger partial charge is 0.380 e. The number of pyridine rings is 1. The predicted molar refractivity (Wildman–Crippen MR) is 141 cm³/mol. The number of hydrogen-bond acceptors (Lipinski definition) is 4. The number of benzene rings is 2. The Morgan fingerprint density at radius 3 is 2.60 bits per heavy atom. The molecule has 2 aliphatic heterocycles. The number of piperidine rings is 2. The highest BCUT2D eigenvalue weighted by Gasteiger charge is 2.35. The first-order chi connectivity index (χ1) is 17.0. The molecule has 0 radical (unpaired) electrons. The number of likely N-dealkylation sites (tertiary alicyclic amines) is 2. The lowest BCUT2D eigenvalue weighted by Crippen LogP contribution is -2.53. The number of hydrogen-bond donors (Lipinski definition) is 0. The molecule has 0 saturated carbocycles. The zero-order valence-corrected chi connectivity index (χ0v) is 21.5. The van der Waals surface area contributed by atoms with E-state index >= 15 is 0 Å². The van der Waals surface area contributed by atoms with E-state index in [1.165, 1.54) is 5.56 Å². The highest BCUT2D eigenvalue weighted by atomic mass is 35.5. The zero-order valence-electron chi connectivity index (χ0n) is 20.0. The average molecular weight is 512 g/mol. The van der Waals surface area contributed by atoms with Crippen LogP contribution in [0.1, 0.15) is 35.2 Å². The third-order valence-corrected chi connectivity index (χ3v) is 8.42. The van der Waals surface area contributed by atoms with Crippen molar-refractivity contribution < 1.29 is 9.53 Å². The van der Waals surface area contributed by atoms with E-state index in [4.69, 9.17) is 27.9 Å². The molecule has 0 spiro atoms. The topological polar surface area (TPSA) is 45.7 Å². The van der Waals surface area contributed by atoms with Crippen molar-refractivity contribution in [1.29, 1.82) is 0 Å². The van der Waals surface area contributed by atoms with Gasteiger partial charge >= 0.3 is 0 Å². The standard InChI is InChI=1S/C28H31Cl2N3O2/c1-35-27-18-33(11-8-20(27)14-19-6-7-25(29)26(30)15-19)22-9-12-32(13-10-22)28(34)24-17-31-16-21-4-2-3-5-23(21)24/h2-7,15-17,20,22,27H,8-14,18H2,1H3/t20?,27-/m1/s1. The minimum Gasteiger partial charge on any atom is -0.380 e. The molecule has 2 saturated heterocycles. The lowest BCUT2D eigenvalue weighted by Gasteiger charge is -2.44. The van der Waals surface area contributed by atoms with Crippen molar-refractivity contribution in [1.82, 2.24) is 14.8 Å². The van der Waals surface area contributed by atoms with Crippen LogP contribution in [0, 0.1) is 5.92 Å². The molecule has 35 heavy (non-hydrogen) atoms. The van der Waals surface area contributed by atoms with Gasteiger partial charge in [-0.15, -0.1) is 0 Å². The number of halogens is 2. The predicted octanol–water partition coefficient (Wildman–Crippen LogP) is 5.73. The van der Waals surface area contributed by atoms with Gasteiger partial charge in [0.05, 0.1) is 21.7 Å². The van der Waals surface area contributed by atoms with Crippen LogP contribution in [-0.4, -0.2) is 66.1 Å². The molecule has 3 heterocycles. The minimum absolute atomic E-state index is 0.0860. The molecule has 3 aromatic rings. The SMILES string of the molecule is CO[C@@H]1CN(C2CCN(C(=O)c3cncc4ccccc34)CC2)CCC1Cc1ccc(Cl)c(Cl)c1. The van der Waals surface area contributed by atoms with Gasteiger partial charge in [-0.2, -0.15) is 0 Å². The van der Waals surface area contributed by atoms with Crippen molar-refractivity contribution in [2.45, 2.75) is 37.8 Å². The highest BCUT2D eigenvalue weighted by Crippen LogP contribution is 2.30. The summed E-state index contributed by atoms with van der Waals surface area (Å²) in [5, 5.41) is 3.18. The van der Waals surface area contributed by atoms with Gasteiger partial charge in [-0.3, -0.25) is 14.7 Å². The maximum absolute atomic E-state index is 13.3. The average Bonchev–Trinajstić information content (AvgIpc) is 2.90. The summed E-state index contributed by atoms with van der Waals surface area (Å²) in [6.45, 7) is 3.52. The first-order valence-electron chi connectivity index (χ1n) is 12.4. The first-order valence-corrected chi connectivity index (χ1v) is 13.1. The molecule has 2 fully saturated rings. The quantitative estimate of drug-likeness (QED) is 0.439. The molecule has 0 bridgehead atoms. The Labute approximate surface area is 217 Å². The number of carbonyl (C=O) groups excluding carboxylic acids is 1. The molecule has 5 nitrogen and oxygen atoms in total. The Balaban J connectivity index is 1.18. The third kappa shape index (κ3) is 5.34. The Morgan fingerprint density at radius 1 is 1.03 bits per heavy atom. The molecule has 1 unspecified atom stereocenters. The Morgan fingerprint density at radius 2 is 1.83 bits per heavy atom. The Bertz CT molecular complexity index is 1190. The van der Waals surface area contributed by atoms with Crippen LogP contribution in [0.3, 0.4) is 0 Å². The van der Waals surface area contributed by atoms with Crippen LogP contribution >= 0.6 is 23.2 Å². The normalized spacial score (nSPS) is 22.0. The molecule has 184 valence electrons. The summed E-state index contributed by atoms with van der Waals surface area (Å²) in [7, 11) is 1.81. The van der Waals surface area contributed by atoms with E-state index in [0.717, 1.165) is 62.6 Å². The van der Waals surface area contributed by atoms with Gasteiger partial charge in [0, 0.05) is 50.6 Å². The highest BCUT2D eigenvalue weighted by molar-refractivity contribution is 6.42. The molecule has 7 heteroatoms. The van der Waals surface area contributed by atoms with E-state index in [-0.39, 0.29) is 12.0 Å². The molecule has 1 aromatic heterocycles. The minimum atomic E-state index is 0.0860. The lowest BCUT2D eigenvalue weighted by atomic mass is 9.86. The van der Waals surface area contributed by atoms with E-state index in [2.05, 4.69) is 16.0 Å². The molecule has 5 rings (SSSR count). The van der Waals surface area contributed by atoms with E-state index in [9.17, 15) is 4.79 Å². The molecule has 2 aromatic carbocycles. The second kappa shape index (κ2) is 10.8. The third-order valence-electron chi connectivity index (χ3n) is 7.68. The van der Waals surface area contributed by atoms with Crippen LogP contribution in [0.4, 0.5) is 0 Å². The smallest absolute Gasteiger partial charge is 0.256 e. The van der Waals surface area contributed by atoms with Gasteiger partial charge in [-0.25, -0.2) is 0 Å². The molecule has 2 atom stereocenters. The maximum Gasteiger partial charge on any atom is 0.256 e. The van der Waals surface area contributed by atoms with E-state index in [1.54, 1.807) is 6.20 Å². The van der Waals surface area contributed by atoms with Gasteiger partial charge < -0.3 is 9.64 Å². The van der Waals surface area contributed by atoms with Gasteiger partial charge in [0.2, 0.25) is 0 Å². The van der Waals surface area contributed by atoms with Crippen LogP contribution in [0.2, 0.25) is 10.0 Å². The van der Waals surface area contributed by atoms with E-state index < -0.39 is 0 Å². The molecular formula is C28H31Cl2N3O2. The van der Waals surface area contributed by atoms with Crippen LogP contribution in [0.25, 0.3) is 10.8 Å². The van der Waals surface area contributed by atoms with Crippen LogP contribution in [0.15, 0.2) is 54.9 Å². The molecule has 0 aliphatic carbocycles. The number of aromatic nitrogens is 1. The summed E-state index contributed by atoms with van der Waals surface area (Å²) in [4.78, 5) is 22.1. The number of amides is 1. The monoisotopic (exact) mass is 511 g/mol. The first kappa shape index (κ1) is 24.5. The maximum atomic E-state index is 13.3. The summed E-state index contributed by atoms with van der Waals surface area (Å²) in [6, 6.07) is 14.3. The zero-order chi connectivity index (χ0) is 24.4. The van der Waals surface area contributed by atoms with Crippen molar-refractivity contribution in [3.8, 4) is 0 Å². The molecule has 0 N–H and O–H groups in total. The summed E-state index contributed by atoms with van der Waals surface area (Å²) in [5.41, 5.74) is 1.90. The van der Waals surface area contributed by atoms with Crippen LogP contribution in [-0.2, 0) is 11.2 Å². The second-order valence-electron chi connectivity index (χ2n) is 9.70. The van der Waals surface area contributed by atoms with Crippen molar-refractivity contribution >= 4 is 39.9 Å². The van der Waals surface area contributed by atoms with Crippen molar-refractivity contribution in [3.05, 3.63) is 76.0 Å². The fourth-order valence-corrected chi connectivity index (χ4v) is 6.00.